The lowest BCUT2D eigenvalue weighted by Gasteiger charge is -2.38. The molecule has 0 aliphatic carbocycles. The van der Waals surface area contributed by atoms with Gasteiger partial charge in [0.2, 0.25) is 0 Å². The Morgan fingerprint density at radius 2 is 2.17 bits per heavy atom. The van der Waals surface area contributed by atoms with E-state index in [4.69, 9.17) is 0 Å². The summed E-state index contributed by atoms with van der Waals surface area (Å²) in [4.78, 5) is 23.8. The standard InChI is InChI=1S/C6H10N4O2/c11-5-4-3-7-1-2-10(4)6(12)9-8-5/h4,7H,1-3H2,(H,8,11)(H,9,12). The third kappa shape index (κ3) is 1.00. The number of piperazine rings is 1. The fourth-order valence-corrected chi connectivity index (χ4v) is 1.45. The number of rotatable bonds is 0. The minimum Gasteiger partial charge on any atom is -0.312 e. The van der Waals surface area contributed by atoms with Crippen LogP contribution in [-0.4, -0.2) is 42.5 Å². The van der Waals surface area contributed by atoms with Crippen LogP contribution in [0.4, 0.5) is 4.79 Å². The van der Waals surface area contributed by atoms with Gasteiger partial charge in [0.15, 0.2) is 0 Å². The molecular formula is C6H10N4O2. The van der Waals surface area contributed by atoms with Gasteiger partial charge < -0.3 is 10.2 Å². The number of amides is 3. The Morgan fingerprint density at radius 1 is 1.33 bits per heavy atom. The van der Waals surface area contributed by atoms with Gasteiger partial charge in [0.25, 0.3) is 5.91 Å². The molecular weight excluding hydrogens is 160 g/mol. The molecule has 0 bridgehead atoms. The SMILES string of the molecule is O=C1NNC(=O)N2CCNCC12. The minimum absolute atomic E-state index is 0.151. The predicted molar refractivity (Wildman–Crippen MR) is 40.0 cm³/mol. The number of fused-ring (bicyclic) bond motifs is 1. The Balaban J connectivity index is 2.16. The summed E-state index contributed by atoms with van der Waals surface area (Å²) in [5, 5.41) is 3.05. The maximum Gasteiger partial charge on any atom is 0.336 e. The molecule has 0 radical (unpaired) electrons. The van der Waals surface area contributed by atoms with Gasteiger partial charge in [-0.2, -0.15) is 0 Å². The number of hydrazine groups is 1. The van der Waals surface area contributed by atoms with Crippen molar-refractivity contribution in [3.05, 3.63) is 0 Å². The van der Waals surface area contributed by atoms with Gasteiger partial charge in [0.05, 0.1) is 0 Å². The number of nitrogens with zero attached hydrogens (tertiary/aromatic N) is 1. The summed E-state index contributed by atoms with van der Waals surface area (Å²) in [6.45, 7) is 1.88. The zero-order valence-electron chi connectivity index (χ0n) is 6.46. The Labute approximate surface area is 69.3 Å². The Bertz CT molecular complexity index is 206. The van der Waals surface area contributed by atoms with E-state index in [1.54, 1.807) is 0 Å². The lowest BCUT2D eigenvalue weighted by Crippen LogP contribution is -2.69. The summed E-state index contributed by atoms with van der Waals surface area (Å²) in [5.74, 6) is -0.151. The zero-order chi connectivity index (χ0) is 8.55. The van der Waals surface area contributed by atoms with E-state index in [1.807, 2.05) is 0 Å². The summed E-state index contributed by atoms with van der Waals surface area (Å²) in [6, 6.07) is -0.561. The Morgan fingerprint density at radius 3 is 2.92 bits per heavy atom. The molecule has 2 rings (SSSR count). The van der Waals surface area contributed by atoms with Crippen LogP contribution in [0, 0.1) is 0 Å². The smallest absolute Gasteiger partial charge is 0.312 e. The Hall–Kier alpha value is -1.30. The average molecular weight is 170 g/mol. The molecule has 1 atom stereocenters. The molecule has 3 N–H and O–H groups in total. The molecule has 3 amide bonds. The van der Waals surface area contributed by atoms with E-state index in [-0.39, 0.29) is 18.0 Å². The van der Waals surface area contributed by atoms with Gasteiger partial charge in [0.1, 0.15) is 6.04 Å². The number of hydrogen-bond donors (Lipinski definition) is 3. The van der Waals surface area contributed by atoms with Crippen molar-refractivity contribution in [1.82, 2.24) is 21.1 Å². The van der Waals surface area contributed by atoms with Crippen LogP contribution in [0.25, 0.3) is 0 Å². The molecule has 0 aromatic rings. The first-order valence-electron chi connectivity index (χ1n) is 3.86. The first-order chi connectivity index (χ1) is 5.79. The minimum atomic E-state index is -0.340. The third-order valence-corrected chi connectivity index (χ3v) is 2.10. The lowest BCUT2D eigenvalue weighted by molar-refractivity contribution is -0.128. The molecule has 2 aliphatic heterocycles. The number of urea groups is 1. The van der Waals surface area contributed by atoms with Crippen LogP contribution in [0.3, 0.4) is 0 Å². The Kier molecular flexibility index (Phi) is 1.61. The normalized spacial score (nSPS) is 29.0. The third-order valence-electron chi connectivity index (χ3n) is 2.10. The van der Waals surface area contributed by atoms with Gasteiger partial charge in [-0.05, 0) is 0 Å². The van der Waals surface area contributed by atoms with E-state index >= 15 is 0 Å². The van der Waals surface area contributed by atoms with Gasteiger partial charge in [-0.25, -0.2) is 10.2 Å². The maximum absolute atomic E-state index is 11.2. The topological polar surface area (TPSA) is 73.5 Å². The first kappa shape index (κ1) is 7.35. The second kappa shape index (κ2) is 2.63. The summed E-state index contributed by atoms with van der Waals surface area (Å²) < 4.78 is 0. The molecule has 0 saturated carbocycles. The highest BCUT2D eigenvalue weighted by Crippen LogP contribution is 2.05. The summed E-state index contributed by atoms with van der Waals surface area (Å²) >= 11 is 0. The molecule has 6 heteroatoms. The average Bonchev–Trinajstić information content (AvgIpc) is 2.12. The van der Waals surface area contributed by atoms with E-state index in [0.29, 0.717) is 13.1 Å². The van der Waals surface area contributed by atoms with Crippen molar-refractivity contribution in [2.45, 2.75) is 6.04 Å². The van der Waals surface area contributed by atoms with Gasteiger partial charge >= 0.3 is 6.03 Å². The van der Waals surface area contributed by atoms with Crippen LogP contribution in [0.1, 0.15) is 0 Å². The van der Waals surface area contributed by atoms with Crippen molar-refractivity contribution < 1.29 is 9.59 Å². The van der Waals surface area contributed by atoms with Crippen LogP contribution < -0.4 is 16.2 Å². The monoisotopic (exact) mass is 170 g/mol. The fourth-order valence-electron chi connectivity index (χ4n) is 1.45. The summed E-state index contributed by atoms with van der Waals surface area (Å²) in [6.07, 6.45) is 0. The number of nitrogens with one attached hydrogen (secondary N) is 3. The quantitative estimate of drug-likeness (QED) is 0.394. The van der Waals surface area contributed by atoms with Crippen LogP contribution in [0.2, 0.25) is 0 Å². The molecule has 0 aromatic carbocycles. The van der Waals surface area contributed by atoms with Crippen LogP contribution >= 0.6 is 0 Å². The van der Waals surface area contributed by atoms with E-state index in [0.717, 1.165) is 6.54 Å². The molecule has 2 heterocycles. The van der Waals surface area contributed by atoms with Crippen LogP contribution in [0.15, 0.2) is 0 Å². The molecule has 2 fully saturated rings. The van der Waals surface area contributed by atoms with Gasteiger partial charge in [-0.1, -0.05) is 0 Å². The molecule has 0 spiro atoms. The van der Waals surface area contributed by atoms with Gasteiger partial charge in [-0.15, -0.1) is 0 Å². The van der Waals surface area contributed by atoms with E-state index < -0.39 is 0 Å². The molecule has 2 saturated heterocycles. The largest absolute Gasteiger partial charge is 0.336 e. The maximum atomic E-state index is 11.2. The number of carbonyl (C=O) groups is 2. The highest BCUT2D eigenvalue weighted by molar-refractivity contribution is 5.92. The van der Waals surface area contributed by atoms with Crippen LogP contribution in [-0.2, 0) is 4.79 Å². The van der Waals surface area contributed by atoms with E-state index in [1.165, 1.54) is 4.90 Å². The van der Waals surface area contributed by atoms with E-state index in [2.05, 4.69) is 16.2 Å². The highest BCUT2D eigenvalue weighted by atomic mass is 16.2. The second-order valence-electron chi connectivity index (χ2n) is 2.83. The summed E-state index contributed by atoms with van der Waals surface area (Å²) in [5.41, 5.74) is 4.60. The van der Waals surface area contributed by atoms with Crippen molar-refractivity contribution in [2.75, 3.05) is 19.6 Å². The molecule has 1 unspecified atom stereocenters. The molecule has 12 heavy (non-hydrogen) atoms. The van der Waals surface area contributed by atoms with Crippen molar-refractivity contribution >= 4 is 11.9 Å². The van der Waals surface area contributed by atoms with Gasteiger partial charge in [-0.3, -0.25) is 10.2 Å². The van der Waals surface area contributed by atoms with Crippen molar-refractivity contribution in [2.24, 2.45) is 0 Å². The number of hydrogen-bond acceptors (Lipinski definition) is 3. The van der Waals surface area contributed by atoms with Crippen LogP contribution in [0.5, 0.6) is 0 Å². The highest BCUT2D eigenvalue weighted by Gasteiger charge is 2.35. The van der Waals surface area contributed by atoms with Crippen molar-refractivity contribution in [3.8, 4) is 0 Å². The van der Waals surface area contributed by atoms with Crippen molar-refractivity contribution in [1.29, 1.82) is 0 Å². The molecule has 6 nitrogen and oxygen atoms in total. The lowest BCUT2D eigenvalue weighted by atomic mass is 10.2. The fraction of sp³-hybridized carbons (Fsp3) is 0.667. The molecule has 66 valence electrons. The van der Waals surface area contributed by atoms with Gasteiger partial charge in [0, 0.05) is 19.6 Å². The number of carbonyl (C=O) groups excluding carboxylic acids is 2. The zero-order valence-corrected chi connectivity index (χ0v) is 6.46. The molecule has 0 aromatic heterocycles. The second-order valence-corrected chi connectivity index (χ2v) is 2.83. The molecule has 2 aliphatic rings. The first-order valence-corrected chi connectivity index (χ1v) is 3.86. The summed E-state index contributed by atoms with van der Waals surface area (Å²) in [7, 11) is 0. The predicted octanol–water partition coefficient (Wildman–Crippen LogP) is -1.99. The van der Waals surface area contributed by atoms with Crippen molar-refractivity contribution in [3.63, 3.8) is 0 Å². The van der Waals surface area contributed by atoms with E-state index in [9.17, 15) is 9.59 Å².